The van der Waals surface area contributed by atoms with E-state index in [0.29, 0.717) is 11.3 Å². The van der Waals surface area contributed by atoms with Gasteiger partial charge in [-0.3, -0.25) is 19.7 Å². The number of piperazine rings is 1. The summed E-state index contributed by atoms with van der Waals surface area (Å²) < 4.78 is 0. The average molecular weight is 263 g/mol. The molecule has 7 nitrogen and oxygen atoms in total. The zero-order valence-corrected chi connectivity index (χ0v) is 10.00. The molecule has 4 N–H and O–H groups in total. The zero-order valence-electron chi connectivity index (χ0n) is 10.00. The third-order valence-corrected chi connectivity index (χ3v) is 2.83. The summed E-state index contributed by atoms with van der Waals surface area (Å²) in [6, 6.07) is 5.38. The van der Waals surface area contributed by atoms with E-state index in [1.165, 1.54) is 4.90 Å². The van der Waals surface area contributed by atoms with E-state index in [4.69, 9.17) is 10.8 Å². The number of hydrogen-bond acceptors (Lipinski definition) is 5. The first-order chi connectivity index (χ1) is 8.99. The molecule has 0 radical (unpaired) electrons. The molecule has 1 saturated heterocycles. The summed E-state index contributed by atoms with van der Waals surface area (Å²) in [5.41, 5.74) is 6.46. The van der Waals surface area contributed by atoms with Gasteiger partial charge in [-0.05, 0) is 6.07 Å². The second-order valence-electron chi connectivity index (χ2n) is 4.20. The van der Waals surface area contributed by atoms with Crippen LogP contribution in [0.4, 0.5) is 5.69 Å². The van der Waals surface area contributed by atoms with Crippen molar-refractivity contribution in [1.82, 2.24) is 5.32 Å². The third-order valence-electron chi connectivity index (χ3n) is 2.83. The van der Waals surface area contributed by atoms with E-state index in [9.17, 15) is 14.4 Å². The molecule has 1 atom stereocenters. The van der Waals surface area contributed by atoms with Crippen LogP contribution in [0, 0.1) is 0 Å². The number of amides is 2. The van der Waals surface area contributed by atoms with Crippen LogP contribution in [0.5, 0.6) is 0 Å². The Morgan fingerprint density at radius 1 is 1.26 bits per heavy atom. The van der Waals surface area contributed by atoms with Crippen LogP contribution in [0.25, 0.3) is 0 Å². The Balaban J connectivity index is 2.36. The highest BCUT2D eigenvalue weighted by Gasteiger charge is 2.26. The van der Waals surface area contributed by atoms with Crippen molar-refractivity contribution in [2.75, 3.05) is 18.0 Å². The number of nitrogens with zero attached hydrogens (tertiary/aromatic N) is 1. The van der Waals surface area contributed by atoms with E-state index in [0.717, 1.165) is 0 Å². The number of carbonyl (C=O) groups excluding carboxylic acids is 2. The molecule has 19 heavy (non-hydrogen) atoms. The van der Waals surface area contributed by atoms with Gasteiger partial charge in [0.15, 0.2) is 0 Å². The van der Waals surface area contributed by atoms with Crippen molar-refractivity contribution in [3.05, 3.63) is 29.8 Å². The number of imide groups is 1. The molecule has 1 aromatic rings. The number of anilines is 1. The first kappa shape index (κ1) is 13.0. The predicted molar refractivity (Wildman–Crippen MR) is 66.4 cm³/mol. The van der Waals surface area contributed by atoms with Gasteiger partial charge in [0, 0.05) is 11.3 Å². The number of nitrogens with one attached hydrogen (secondary N) is 1. The van der Waals surface area contributed by atoms with E-state index in [1.54, 1.807) is 24.3 Å². The molecule has 0 aliphatic carbocycles. The van der Waals surface area contributed by atoms with Crippen LogP contribution in [-0.4, -0.2) is 36.0 Å². The summed E-state index contributed by atoms with van der Waals surface area (Å²) >= 11 is 0. The maximum Gasteiger partial charge on any atom is 0.325 e. The summed E-state index contributed by atoms with van der Waals surface area (Å²) in [7, 11) is 0. The lowest BCUT2D eigenvalue weighted by Crippen LogP contribution is -2.52. The topological polar surface area (TPSA) is 113 Å². The third kappa shape index (κ3) is 2.71. The van der Waals surface area contributed by atoms with Crippen molar-refractivity contribution in [2.45, 2.75) is 6.04 Å². The number of carboxylic acid groups (broad SMARTS) is 1. The number of nitrogens with two attached hydrogens (primary N) is 1. The SMILES string of the molecule is NC(C(=O)O)c1ccccc1N1CC(=O)NC(=O)C1. The van der Waals surface area contributed by atoms with Gasteiger partial charge in [0.25, 0.3) is 0 Å². The largest absolute Gasteiger partial charge is 0.480 e. The van der Waals surface area contributed by atoms with E-state index >= 15 is 0 Å². The lowest BCUT2D eigenvalue weighted by atomic mass is 10.0. The molecule has 1 aliphatic heterocycles. The van der Waals surface area contributed by atoms with Crippen molar-refractivity contribution in [1.29, 1.82) is 0 Å². The Bertz CT molecular complexity index is 528. The fraction of sp³-hybridized carbons (Fsp3) is 0.250. The number of hydrogen-bond donors (Lipinski definition) is 3. The van der Waals surface area contributed by atoms with Crippen molar-refractivity contribution >= 4 is 23.5 Å². The quantitative estimate of drug-likeness (QED) is 0.617. The van der Waals surface area contributed by atoms with Gasteiger partial charge >= 0.3 is 5.97 Å². The molecule has 0 spiro atoms. The molecule has 0 bridgehead atoms. The first-order valence-corrected chi connectivity index (χ1v) is 5.64. The molecule has 1 heterocycles. The lowest BCUT2D eigenvalue weighted by Gasteiger charge is -2.29. The Morgan fingerprint density at radius 2 is 1.84 bits per heavy atom. The minimum Gasteiger partial charge on any atom is -0.480 e. The minimum absolute atomic E-state index is 0.00487. The molecule has 2 rings (SSSR count). The summed E-state index contributed by atoms with van der Waals surface area (Å²) in [5, 5.41) is 11.2. The van der Waals surface area contributed by atoms with Crippen LogP contribution in [0.15, 0.2) is 24.3 Å². The monoisotopic (exact) mass is 263 g/mol. The summed E-state index contributed by atoms with van der Waals surface area (Å²) in [6.45, 7) is -0.00974. The Hall–Kier alpha value is -2.41. The summed E-state index contributed by atoms with van der Waals surface area (Å²) in [5.74, 6) is -2.01. The fourth-order valence-corrected chi connectivity index (χ4v) is 1.98. The van der Waals surface area contributed by atoms with Crippen molar-refractivity contribution in [3.8, 4) is 0 Å². The molecule has 1 aliphatic rings. The molecule has 0 saturated carbocycles. The highest BCUT2D eigenvalue weighted by atomic mass is 16.4. The van der Waals surface area contributed by atoms with Crippen LogP contribution in [-0.2, 0) is 14.4 Å². The molecule has 1 fully saturated rings. The van der Waals surface area contributed by atoms with Gasteiger partial charge in [-0.2, -0.15) is 0 Å². The van der Waals surface area contributed by atoms with E-state index in [-0.39, 0.29) is 13.1 Å². The van der Waals surface area contributed by atoms with Gasteiger partial charge in [0.05, 0.1) is 13.1 Å². The fourth-order valence-electron chi connectivity index (χ4n) is 1.98. The van der Waals surface area contributed by atoms with Gasteiger partial charge in [-0.15, -0.1) is 0 Å². The smallest absolute Gasteiger partial charge is 0.325 e. The Morgan fingerprint density at radius 3 is 2.42 bits per heavy atom. The molecule has 100 valence electrons. The van der Waals surface area contributed by atoms with Gasteiger partial charge in [-0.1, -0.05) is 18.2 Å². The van der Waals surface area contributed by atoms with E-state index < -0.39 is 23.8 Å². The lowest BCUT2D eigenvalue weighted by molar-refractivity contribution is -0.138. The van der Waals surface area contributed by atoms with Crippen molar-refractivity contribution < 1.29 is 19.5 Å². The highest BCUT2D eigenvalue weighted by Crippen LogP contribution is 2.25. The highest BCUT2D eigenvalue weighted by molar-refractivity contribution is 6.03. The number of carboxylic acids is 1. The molecule has 2 amide bonds. The minimum atomic E-state index is -1.20. The maximum atomic E-state index is 11.4. The summed E-state index contributed by atoms with van der Waals surface area (Å²) in [6.07, 6.45) is 0. The van der Waals surface area contributed by atoms with Crippen molar-refractivity contribution in [2.24, 2.45) is 5.73 Å². The van der Waals surface area contributed by atoms with E-state index in [2.05, 4.69) is 5.32 Å². The van der Waals surface area contributed by atoms with Crippen LogP contribution < -0.4 is 16.0 Å². The molecule has 1 aromatic carbocycles. The van der Waals surface area contributed by atoms with Crippen LogP contribution in [0.3, 0.4) is 0 Å². The number of para-hydroxylation sites is 1. The van der Waals surface area contributed by atoms with Crippen LogP contribution >= 0.6 is 0 Å². The maximum absolute atomic E-state index is 11.4. The predicted octanol–water partition coefficient (Wildman–Crippen LogP) is -0.766. The Kier molecular flexibility index (Phi) is 3.48. The number of aliphatic carboxylic acids is 1. The number of benzene rings is 1. The van der Waals surface area contributed by atoms with Gasteiger partial charge in [0.1, 0.15) is 6.04 Å². The second kappa shape index (κ2) is 5.07. The zero-order chi connectivity index (χ0) is 14.0. The molecule has 7 heteroatoms. The van der Waals surface area contributed by atoms with Crippen LogP contribution in [0.2, 0.25) is 0 Å². The molecular formula is C12H13N3O4. The van der Waals surface area contributed by atoms with Gasteiger partial charge in [-0.25, -0.2) is 0 Å². The Labute approximate surface area is 109 Å². The van der Waals surface area contributed by atoms with E-state index in [1.807, 2.05) is 0 Å². The first-order valence-electron chi connectivity index (χ1n) is 5.64. The standard InChI is InChI=1S/C12H13N3O4/c13-11(12(18)19)7-3-1-2-4-8(7)15-5-9(16)14-10(17)6-15/h1-4,11H,5-6,13H2,(H,18,19)(H,14,16,17). The van der Waals surface area contributed by atoms with Gasteiger partial charge < -0.3 is 15.7 Å². The normalized spacial score (nSPS) is 17.0. The number of carbonyl (C=O) groups is 3. The van der Waals surface area contributed by atoms with Crippen LogP contribution in [0.1, 0.15) is 11.6 Å². The molecular weight excluding hydrogens is 250 g/mol. The summed E-state index contributed by atoms with van der Waals surface area (Å²) in [4.78, 5) is 35.2. The second-order valence-corrected chi connectivity index (χ2v) is 4.20. The molecule has 1 unspecified atom stereocenters. The average Bonchev–Trinajstić information content (AvgIpc) is 2.36. The van der Waals surface area contributed by atoms with Gasteiger partial charge in [0.2, 0.25) is 11.8 Å². The number of rotatable bonds is 3. The van der Waals surface area contributed by atoms with Crippen molar-refractivity contribution in [3.63, 3.8) is 0 Å². The molecule has 0 aromatic heterocycles.